The maximum atomic E-state index is 11.7. The first-order valence-electron chi connectivity index (χ1n) is 6.26. The molecule has 0 heterocycles. The van der Waals surface area contributed by atoms with E-state index in [2.05, 4.69) is 10.6 Å². The van der Waals surface area contributed by atoms with Crippen LogP contribution in [0.25, 0.3) is 0 Å². The van der Waals surface area contributed by atoms with Gasteiger partial charge in [0, 0.05) is 12.8 Å². The van der Waals surface area contributed by atoms with E-state index in [9.17, 15) is 18.0 Å². The molecular weight excluding hydrogens is 296 g/mol. The molecule has 0 bridgehead atoms. The van der Waals surface area contributed by atoms with Gasteiger partial charge in [-0.3, -0.25) is 0 Å². The molecule has 1 aromatic rings. The Morgan fingerprint density at radius 3 is 2.52 bits per heavy atom. The van der Waals surface area contributed by atoms with E-state index in [1.807, 2.05) is 0 Å². The van der Waals surface area contributed by atoms with Crippen molar-refractivity contribution < 1.29 is 23.1 Å². The Bertz CT molecular complexity index is 640. The van der Waals surface area contributed by atoms with Crippen LogP contribution in [0.5, 0.6) is 0 Å². The van der Waals surface area contributed by atoms with E-state index in [0.29, 0.717) is 12.0 Å². The molecule has 0 aliphatic heterocycles. The van der Waals surface area contributed by atoms with Gasteiger partial charge in [-0.05, 0) is 25.0 Å². The zero-order valence-corrected chi connectivity index (χ0v) is 12.7. The van der Waals surface area contributed by atoms with Crippen LogP contribution in [0.3, 0.4) is 0 Å². The Morgan fingerprint density at radius 2 is 1.95 bits per heavy atom. The number of sulfone groups is 1. The molecule has 0 saturated carbocycles. The number of hydrogen-bond donors (Lipinski definition) is 3. The topological polar surface area (TPSA) is 113 Å². The summed E-state index contributed by atoms with van der Waals surface area (Å²) in [5.74, 6) is -1.14. The molecule has 0 aromatic heterocycles. The van der Waals surface area contributed by atoms with Gasteiger partial charge in [0.05, 0.1) is 17.0 Å². The van der Waals surface area contributed by atoms with Gasteiger partial charge in [0.15, 0.2) is 0 Å². The number of carbonyl (C=O) groups is 2. The van der Waals surface area contributed by atoms with E-state index in [-0.39, 0.29) is 23.5 Å². The van der Waals surface area contributed by atoms with Crippen molar-refractivity contribution in [2.45, 2.75) is 13.3 Å². The zero-order chi connectivity index (χ0) is 16.0. The van der Waals surface area contributed by atoms with Crippen LogP contribution < -0.4 is 10.6 Å². The van der Waals surface area contributed by atoms with Crippen LogP contribution in [-0.4, -0.2) is 44.1 Å². The van der Waals surface area contributed by atoms with Gasteiger partial charge in [-0.2, -0.15) is 0 Å². The molecule has 0 saturated heterocycles. The average molecular weight is 314 g/mol. The van der Waals surface area contributed by atoms with Gasteiger partial charge < -0.3 is 15.7 Å². The number of carboxylic acids is 1. The highest BCUT2D eigenvalue weighted by Gasteiger charge is 2.14. The summed E-state index contributed by atoms with van der Waals surface area (Å²) in [4.78, 5) is 22.8. The molecule has 2 amide bonds. The van der Waals surface area contributed by atoms with E-state index < -0.39 is 21.8 Å². The molecule has 21 heavy (non-hydrogen) atoms. The minimum absolute atomic E-state index is 0.0158. The van der Waals surface area contributed by atoms with Crippen molar-refractivity contribution in [1.82, 2.24) is 5.32 Å². The van der Waals surface area contributed by atoms with Gasteiger partial charge in [-0.15, -0.1) is 0 Å². The molecule has 0 aliphatic carbocycles. The van der Waals surface area contributed by atoms with Crippen molar-refractivity contribution in [3.05, 3.63) is 29.3 Å². The van der Waals surface area contributed by atoms with E-state index in [4.69, 9.17) is 5.11 Å². The summed E-state index contributed by atoms with van der Waals surface area (Å²) < 4.78 is 21.9. The van der Waals surface area contributed by atoms with Crippen LogP contribution in [0.1, 0.15) is 22.3 Å². The van der Waals surface area contributed by atoms with E-state index >= 15 is 0 Å². The van der Waals surface area contributed by atoms with Crippen LogP contribution in [0.4, 0.5) is 10.5 Å². The standard InChI is InChI=1S/C13H18N2O5S/c1-9-5-3-6-10(11(9)12(16)17)15-13(18)14-7-4-8-21(2,19)20/h3,5-6H,4,7-8H2,1-2H3,(H,16,17)(H2,14,15,18). The van der Waals surface area contributed by atoms with E-state index in [1.165, 1.54) is 6.07 Å². The van der Waals surface area contributed by atoms with Crippen LogP contribution >= 0.6 is 0 Å². The molecule has 0 spiro atoms. The summed E-state index contributed by atoms with van der Waals surface area (Å²) in [7, 11) is -3.05. The second-order valence-corrected chi connectivity index (χ2v) is 6.93. The number of aromatic carboxylic acids is 1. The first-order chi connectivity index (χ1) is 9.70. The van der Waals surface area contributed by atoms with E-state index in [0.717, 1.165) is 6.26 Å². The number of carboxylic acid groups (broad SMARTS) is 1. The van der Waals surface area contributed by atoms with Gasteiger partial charge >= 0.3 is 12.0 Å². The number of nitrogens with one attached hydrogen (secondary N) is 2. The van der Waals surface area contributed by atoms with Crippen LogP contribution in [0, 0.1) is 6.92 Å². The molecule has 8 heteroatoms. The third kappa shape index (κ3) is 5.82. The lowest BCUT2D eigenvalue weighted by Gasteiger charge is -2.11. The lowest BCUT2D eigenvalue weighted by molar-refractivity contribution is 0.0697. The second kappa shape index (κ2) is 7.07. The highest BCUT2D eigenvalue weighted by Crippen LogP contribution is 2.19. The normalized spacial score (nSPS) is 11.0. The molecule has 0 unspecified atom stereocenters. The fourth-order valence-electron chi connectivity index (χ4n) is 1.76. The predicted octanol–water partition coefficient (Wildman–Crippen LogP) is 1.25. The molecule has 116 valence electrons. The van der Waals surface area contributed by atoms with Crippen molar-refractivity contribution in [1.29, 1.82) is 0 Å². The van der Waals surface area contributed by atoms with Crippen LogP contribution in [0.15, 0.2) is 18.2 Å². The summed E-state index contributed by atoms with van der Waals surface area (Å²) in [5.41, 5.74) is 0.768. The first kappa shape index (κ1) is 17.0. The summed E-state index contributed by atoms with van der Waals surface area (Å²) in [6.07, 6.45) is 1.42. The number of rotatable bonds is 6. The monoisotopic (exact) mass is 314 g/mol. The van der Waals surface area contributed by atoms with Gasteiger partial charge in [-0.1, -0.05) is 12.1 Å². The van der Waals surface area contributed by atoms with Gasteiger partial charge in [0.25, 0.3) is 0 Å². The Labute approximate surface area is 123 Å². The lowest BCUT2D eigenvalue weighted by atomic mass is 10.1. The second-order valence-electron chi connectivity index (χ2n) is 4.67. The molecule has 3 N–H and O–H groups in total. The number of hydrogen-bond acceptors (Lipinski definition) is 4. The third-order valence-electron chi connectivity index (χ3n) is 2.71. The number of carbonyl (C=O) groups excluding carboxylic acids is 1. The minimum Gasteiger partial charge on any atom is -0.478 e. The molecule has 1 rings (SSSR count). The minimum atomic E-state index is -3.05. The summed E-state index contributed by atoms with van der Waals surface area (Å²) >= 11 is 0. The van der Waals surface area contributed by atoms with Crippen LogP contribution in [-0.2, 0) is 9.84 Å². The number of urea groups is 1. The molecule has 1 aromatic carbocycles. The van der Waals surface area contributed by atoms with Crippen molar-refractivity contribution in [3.63, 3.8) is 0 Å². The molecule has 0 atom stereocenters. The van der Waals surface area contributed by atoms with E-state index in [1.54, 1.807) is 19.1 Å². The molecule has 0 aliphatic rings. The SMILES string of the molecule is Cc1cccc(NC(=O)NCCCS(C)(=O)=O)c1C(=O)O. The van der Waals surface area contributed by atoms with Crippen molar-refractivity contribution in [2.75, 3.05) is 23.9 Å². The summed E-state index contributed by atoms with van der Waals surface area (Å²) in [6, 6.07) is 4.20. The fourth-order valence-corrected chi connectivity index (χ4v) is 2.43. The van der Waals surface area contributed by atoms with Crippen LogP contribution in [0.2, 0.25) is 0 Å². The number of benzene rings is 1. The first-order valence-corrected chi connectivity index (χ1v) is 8.32. The average Bonchev–Trinajstić information content (AvgIpc) is 2.33. The summed E-state index contributed by atoms with van der Waals surface area (Å²) in [6.45, 7) is 1.83. The Kier molecular flexibility index (Phi) is 5.71. The largest absolute Gasteiger partial charge is 0.478 e. The Morgan fingerprint density at radius 1 is 1.29 bits per heavy atom. The van der Waals surface area contributed by atoms with Gasteiger partial charge in [-0.25, -0.2) is 18.0 Å². The Balaban J connectivity index is 2.60. The molecular formula is C13H18N2O5S. The number of aryl methyl sites for hydroxylation is 1. The maximum absolute atomic E-state index is 11.7. The smallest absolute Gasteiger partial charge is 0.338 e. The van der Waals surface area contributed by atoms with Crippen molar-refractivity contribution in [2.24, 2.45) is 0 Å². The van der Waals surface area contributed by atoms with Crippen molar-refractivity contribution in [3.8, 4) is 0 Å². The van der Waals surface area contributed by atoms with Gasteiger partial charge in [0.1, 0.15) is 9.84 Å². The van der Waals surface area contributed by atoms with Gasteiger partial charge in [0.2, 0.25) is 0 Å². The zero-order valence-electron chi connectivity index (χ0n) is 11.8. The van der Waals surface area contributed by atoms with Crippen molar-refractivity contribution >= 4 is 27.5 Å². The highest BCUT2D eigenvalue weighted by molar-refractivity contribution is 7.90. The number of anilines is 1. The summed E-state index contributed by atoms with van der Waals surface area (Å²) in [5, 5.41) is 14.1. The molecule has 0 radical (unpaired) electrons. The maximum Gasteiger partial charge on any atom is 0.338 e. The number of amides is 2. The third-order valence-corrected chi connectivity index (χ3v) is 3.74. The fraction of sp³-hybridized carbons (Fsp3) is 0.385. The predicted molar refractivity (Wildman–Crippen MR) is 79.5 cm³/mol. The highest BCUT2D eigenvalue weighted by atomic mass is 32.2. The molecule has 0 fully saturated rings. The Hall–Kier alpha value is -2.09. The quantitative estimate of drug-likeness (QED) is 0.684. The lowest BCUT2D eigenvalue weighted by Crippen LogP contribution is -2.31. The molecule has 7 nitrogen and oxygen atoms in total.